The second-order valence-electron chi connectivity index (χ2n) is 7.53. The van der Waals surface area contributed by atoms with Crippen LogP contribution in [0.25, 0.3) is 0 Å². The Balaban J connectivity index is 1.71. The van der Waals surface area contributed by atoms with Crippen LogP contribution in [0.2, 0.25) is 0 Å². The predicted molar refractivity (Wildman–Crippen MR) is 111 cm³/mol. The van der Waals surface area contributed by atoms with Crippen molar-refractivity contribution in [2.45, 2.75) is 32.4 Å². The van der Waals surface area contributed by atoms with Crippen molar-refractivity contribution >= 4 is 17.4 Å². The number of hydrogen-bond acceptors (Lipinski definition) is 4. The fraction of sp³-hybridized carbons (Fsp3) is 0.208. The molecule has 3 aromatic rings. The lowest BCUT2D eigenvalue weighted by Crippen LogP contribution is -2.41. The molecule has 0 spiro atoms. The molecule has 1 amide bonds. The number of carbonyl (C=O) groups excluding carboxylic acids is 2. The highest BCUT2D eigenvalue weighted by molar-refractivity contribution is 6.10. The number of aliphatic hydroxyl groups is 1. The van der Waals surface area contributed by atoms with Crippen molar-refractivity contribution in [2.75, 3.05) is 4.90 Å². The highest BCUT2D eigenvalue weighted by Gasteiger charge is 2.50. The molecule has 1 N–H and O–H groups in total. The van der Waals surface area contributed by atoms with E-state index in [0.717, 1.165) is 16.7 Å². The number of amides is 1. The van der Waals surface area contributed by atoms with Crippen LogP contribution in [-0.4, -0.2) is 21.8 Å². The van der Waals surface area contributed by atoms with Gasteiger partial charge in [0.25, 0.3) is 5.91 Å². The molecule has 2 heterocycles. The minimum absolute atomic E-state index is 0.299. The molecule has 5 nitrogen and oxygen atoms in total. The third-order valence-corrected chi connectivity index (χ3v) is 5.49. The fourth-order valence-electron chi connectivity index (χ4n) is 3.85. The van der Waals surface area contributed by atoms with Crippen LogP contribution in [0.5, 0.6) is 0 Å². The number of pyridine rings is 1. The van der Waals surface area contributed by atoms with Gasteiger partial charge in [-0.15, -0.1) is 0 Å². The summed E-state index contributed by atoms with van der Waals surface area (Å²) in [5, 5.41) is 11.4. The molecule has 0 saturated carbocycles. The number of aromatic nitrogens is 1. The number of benzene rings is 2. The summed E-state index contributed by atoms with van der Waals surface area (Å²) in [5.74, 6) is -0.770. The largest absolute Gasteiger partial charge is 0.375 e. The van der Waals surface area contributed by atoms with E-state index in [9.17, 15) is 14.7 Å². The molecule has 4 rings (SSSR count). The van der Waals surface area contributed by atoms with Crippen molar-refractivity contribution in [2.24, 2.45) is 0 Å². The smallest absolute Gasteiger partial charge is 0.264 e. The van der Waals surface area contributed by atoms with Crippen LogP contribution in [0, 0.1) is 13.8 Å². The van der Waals surface area contributed by atoms with Gasteiger partial charge in [0, 0.05) is 23.5 Å². The molecule has 0 aliphatic carbocycles. The first kappa shape index (κ1) is 19.0. The van der Waals surface area contributed by atoms with Crippen LogP contribution >= 0.6 is 0 Å². The normalized spacial score (nSPS) is 18.0. The molecule has 0 bridgehead atoms. The Labute approximate surface area is 169 Å². The molecule has 1 aromatic heterocycles. The number of Topliss-reactive ketones (excluding diaryl/α,β-unsaturated/α-hetero) is 1. The van der Waals surface area contributed by atoms with Gasteiger partial charge >= 0.3 is 0 Å². The van der Waals surface area contributed by atoms with Crippen molar-refractivity contribution in [3.63, 3.8) is 0 Å². The van der Waals surface area contributed by atoms with Gasteiger partial charge in [-0.3, -0.25) is 14.6 Å². The highest BCUT2D eigenvalue weighted by Crippen LogP contribution is 2.43. The van der Waals surface area contributed by atoms with Gasteiger partial charge in [-0.25, -0.2) is 0 Å². The van der Waals surface area contributed by atoms with Crippen molar-refractivity contribution in [1.82, 2.24) is 4.98 Å². The molecule has 2 aromatic carbocycles. The number of anilines is 1. The predicted octanol–water partition coefficient (Wildman–Crippen LogP) is 3.71. The molecular formula is C24H22N2O3. The van der Waals surface area contributed by atoms with Gasteiger partial charge in [0.2, 0.25) is 0 Å². The first-order valence-electron chi connectivity index (χ1n) is 9.53. The van der Waals surface area contributed by atoms with Crippen molar-refractivity contribution in [3.8, 4) is 0 Å². The van der Waals surface area contributed by atoms with Crippen LogP contribution in [0.15, 0.2) is 67.0 Å². The Hall–Kier alpha value is -3.31. The number of para-hydroxylation sites is 1. The highest BCUT2D eigenvalue weighted by atomic mass is 16.3. The van der Waals surface area contributed by atoms with E-state index < -0.39 is 11.5 Å². The van der Waals surface area contributed by atoms with Crippen molar-refractivity contribution in [1.29, 1.82) is 0 Å². The first-order chi connectivity index (χ1) is 13.9. The maximum absolute atomic E-state index is 13.4. The average Bonchev–Trinajstić information content (AvgIpc) is 2.93. The van der Waals surface area contributed by atoms with Gasteiger partial charge in [-0.2, -0.15) is 0 Å². The number of nitrogens with zero attached hydrogens (tertiary/aromatic N) is 2. The number of hydrogen-bond donors (Lipinski definition) is 1. The van der Waals surface area contributed by atoms with Gasteiger partial charge in [-0.1, -0.05) is 42.0 Å². The van der Waals surface area contributed by atoms with E-state index in [1.54, 1.807) is 29.2 Å². The maximum Gasteiger partial charge on any atom is 0.264 e. The summed E-state index contributed by atoms with van der Waals surface area (Å²) in [7, 11) is 0. The van der Waals surface area contributed by atoms with Crippen LogP contribution < -0.4 is 4.90 Å². The molecule has 0 unspecified atom stereocenters. The molecular weight excluding hydrogens is 364 g/mol. The third-order valence-electron chi connectivity index (χ3n) is 5.49. The molecule has 1 aliphatic heterocycles. The van der Waals surface area contributed by atoms with Gasteiger partial charge < -0.3 is 10.0 Å². The fourth-order valence-corrected chi connectivity index (χ4v) is 3.85. The summed E-state index contributed by atoms with van der Waals surface area (Å²) in [6.45, 7) is 4.35. The Morgan fingerprint density at radius 3 is 2.55 bits per heavy atom. The summed E-state index contributed by atoms with van der Waals surface area (Å²) in [6, 6.07) is 16.4. The number of carbonyl (C=O) groups is 2. The summed E-state index contributed by atoms with van der Waals surface area (Å²) in [5.41, 5.74) is 2.85. The zero-order valence-corrected chi connectivity index (χ0v) is 16.4. The van der Waals surface area contributed by atoms with E-state index >= 15 is 0 Å². The second-order valence-corrected chi connectivity index (χ2v) is 7.53. The van der Waals surface area contributed by atoms with E-state index in [2.05, 4.69) is 4.98 Å². The van der Waals surface area contributed by atoms with Gasteiger partial charge in [0.05, 0.1) is 18.7 Å². The maximum atomic E-state index is 13.4. The average molecular weight is 386 g/mol. The van der Waals surface area contributed by atoms with E-state index in [0.29, 0.717) is 23.4 Å². The van der Waals surface area contributed by atoms with Gasteiger partial charge in [-0.05, 0) is 43.2 Å². The Morgan fingerprint density at radius 1 is 1.07 bits per heavy atom. The molecule has 0 fully saturated rings. The lowest BCUT2D eigenvalue weighted by atomic mass is 9.88. The first-order valence-corrected chi connectivity index (χ1v) is 9.53. The molecule has 0 radical (unpaired) electrons. The van der Waals surface area contributed by atoms with Crippen LogP contribution in [0.1, 0.15) is 39.0 Å². The lowest BCUT2D eigenvalue weighted by molar-refractivity contribution is -0.136. The van der Waals surface area contributed by atoms with Gasteiger partial charge in [0.15, 0.2) is 11.4 Å². The van der Waals surface area contributed by atoms with Crippen molar-refractivity contribution in [3.05, 3.63) is 94.8 Å². The molecule has 1 aliphatic rings. The molecule has 146 valence electrons. The zero-order valence-electron chi connectivity index (χ0n) is 16.4. The summed E-state index contributed by atoms with van der Waals surface area (Å²) < 4.78 is 0. The van der Waals surface area contributed by atoms with Gasteiger partial charge in [0.1, 0.15) is 0 Å². The number of aryl methyl sites for hydroxylation is 2. The molecule has 0 saturated heterocycles. The number of ketones is 1. The molecule has 1 atom stereocenters. The SMILES string of the molecule is Cc1ccc(C)c(CN2C(=O)[C@@](O)(CC(=O)c3ccncc3)c3ccccc32)c1. The van der Waals surface area contributed by atoms with Crippen molar-refractivity contribution < 1.29 is 14.7 Å². The third kappa shape index (κ3) is 3.34. The van der Waals surface area contributed by atoms with Crippen LogP contribution in [-0.2, 0) is 16.9 Å². The van der Waals surface area contributed by atoms with E-state index in [4.69, 9.17) is 0 Å². The Morgan fingerprint density at radius 2 is 1.79 bits per heavy atom. The summed E-state index contributed by atoms with van der Waals surface area (Å²) >= 11 is 0. The van der Waals surface area contributed by atoms with E-state index in [1.165, 1.54) is 12.4 Å². The number of fused-ring (bicyclic) bond motifs is 1. The number of rotatable bonds is 5. The molecule has 5 heteroatoms. The van der Waals surface area contributed by atoms with E-state index in [1.807, 2.05) is 44.2 Å². The summed E-state index contributed by atoms with van der Waals surface area (Å²) in [4.78, 5) is 31.6. The minimum Gasteiger partial charge on any atom is -0.375 e. The van der Waals surface area contributed by atoms with Crippen LogP contribution in [0.4, 0.5) is 5.69 Å². The zero-order chi connectivity index (χ0) is 20.6. The van der Waals surface area contributed by atoms with Crippen LogP contribution in [0.3, 0.4) is 0 Å². The standard InChI is InChI=1S/C24H22N2O3/c1-16-7-8-17(2)19(13-16)15-26-21-6-4-3-5-20(21)24(29,23(26)28)14-22(27)18-9-11-25-12-10-18/h3-13,29H,14-15H2,1-2H3/t24-/m1/s1. The Bertz CT molecular complexity index is 1090. The topological polar surface area (TPSA) is 70.5 Å². The lowest BCUT2D eigenvalue weighted by Gasteiger charge is -2.23. The second kappa shape index (κ2) is 7.26. The van der Waals surface area contributed by atoms with E-state index in [-0.39, 0.29) is 12.2 Å². The quantitative estimate of drug-likeness (QED) is 0.679. The Kier molecular flexibility index (Phi) is 4.76. The minimum atomic E-state index is -1.88. The monoisotopic (exact) mass is 386 g/mol. The summed E-state index contributed by atoms with van der Waals surface area (Å²) in [6.07, 6.45) is 2.74. The molecule has 29 heavy (non-hydrogen) atoms.